The Morgan fingerprint density at radius 3 is 1.25 bits per heavy atom. The van der Waals surface area contributed by atoms with E-state index in [0.717, 1.165) is 0 Å². The van der Waals surface area contributed by atoms with Crippen LogP contribution in [0.3, 0.4) is 0 Å². The Labute approximate surface area is 59.0 Å². The third-order valence-corrected chi connectivity index (χ3v) is 0. The van der Waals surface area contributed by atoms with Crippen molar-refractivity contribution in [2.45, 2.75) is 0 Å². The van der Waals surface area contributed by atoms with Crippen molar-refractivity contribution in [1.82, 2.24) is 0 Å². The molecule has 4 heavy (non-hydrogen) atoms. The van der Waals surface area contributed by atoms with Crippen LogP contribution in [0, 0.1) is 0 Å². The molecule has 0 saturated carbocycles. The second-order valence-corrected chi connectivity index (χ2v) is 15.0. The van der Waals surface area contributed by atoms with Gasteiger partial charge in [-0.1, -0.05) is 0 Å². The van der Waals surface area contributed by atoms with Gasteiger partial charge in [-0.05, 0) is 0 Å². The molecule has 0 aliphatic heterocycles. The molecule has 0 heterocycles. The van der Waals surface area contributed by atoms with Gasteiger partial charge in [0.25, 0.3) is 0 Å². The predicted molar refractivity (Wildman–Crippen MR) is 11.5 cm³/mol. The molecule has 0 aliphatic carbocycles. The van der Waals surface area contributed by atoms with Crippen molar-refractivity contribution in [2.75, 3.05) is 0 Å². The molecule has 0 radical (unpaired) electrons. The first-order chi connectivity index (χ1) is 1.41. The smallest absolute Gasteiger partial charge is 0 e. The number of hydrogen-bond donors (Lipinski definition) is 0. The summed E-state index contributed by atoms with van der Waals surface area (Å²) in [7, 11) is 0. The maximum absolute atomic E-state index is 2.92. The molecule has 0 N–H and O–H groups in total. The molecular formula is Se2W2. The summed E-state index contributed by atoms with van der Waals surface area (Å²) in [5.74, 6) is 0. The Balaban J connectivity index is 0. The number of hydrogen-bond acceptors (Lipinski definition) is 0. The third-order valence-electron chi connectivity index (χ3n) is 0. The van der Waals surface area contributed by atoms with Crippen LogP contribution in [0.4, 0.5) is 0 Å². The molecule has 24 valence electrons. The minimum absolute atomic E-state index is 0. The Morgan fingerprint density at radius 1 is 1.25 bits per heavy atom. The van der Waals surface area contributed by atoms with E-state index in [1.807, 2.05) is 0 Å². The van der Waals surface area contributed by atoms with E-state index in [4.69, 9.17) is 0 Å². The summed E-state index contributed by atoms with van der Waals surface area (Å²) >= 11 is 5.83. The van der Waals surface area contributed by atoms with Gasteiger partial charge in [-0.15, -0.1) is 0 Å². The average Bonchev–Trinajstić information content (AvgIpc) is 0.918. The van der Waals surface area contributed by atoms with Crippen LogP contribution >= 0.6 is 0 Å². The van der Waals surface area contributed by atoms with Crippen LogP contribution in [-0.2, 0) is 34.3 Å². The molecule has 0 aromatic rings. The summed E-state index contributed by atoms with van der Waals surface area (Å²) in [6, 6.07) is 0. The summed E-state index contributed by atoms with van der Waals surface area (Å²) in [5.41, 5.74) is 0. The van der Waals surface area contributed by atoms with E-state index in [2.05, 4.69) is 25.6 Å². The summed E-state index contributed by atoms with van der Waals surface area (Å²) in [6.45, 7) is 0. The van der Waals surface area contributed by atoms with E-state index in [1.54, 1.807) is 0 Å². The van der Waals surface area contributed by atoms with Gasteiger partial charge in [-0.25, -0.2) is 0 Å². The molecule has 0 unspecified atom stereocenters. The first kappa shape index (κ1) is 9.65. The monoisotopic (exact) mass is 528 g/mol. The fraction of sp³-hybridized carbons (Fsp3) is 0. The van der Waals surface area contributed by atoms with E-state index >= 15 is 0 Å². The quantitative estimate of drug-likeness (QED) is 0.365. The van der Waals surface area contributed by atoms with Crippen LogP contribution in [0.2, 0.25) is 0 Å². The summed E-state index contributed by atoms with van der Waals surface area (Å²) in [6.07, 6.45) is 0. The molecule has 0 aromatic carbocycles. The molecule has 0 bridgehead atoms. The molecular weight excluding hydrogens is 526 g/mol. The van der Waals surface area contributed by atoms with Crippen molar-refractivity contribution in [3.8, 4) is 0 Å². The van der Waals surface area contributed by atoms with E-state index < -0.39 is 0 Å². The molecule has 4 heteroatoms. The van der Waals surface area contributed by atoms with Crippen molar-refractivity contribution >= 4 is 25.6 Å². The Hall–Kier alpha value is 2.42. The van der Waals surface area contributed by atoms with E-state index in [0.29, 0.717) is 0 Å². The van der Waals surface area contributed by atoms with Gasteiger partial charge >= 0.3 is 38.9 Å². The van der Waals surface area contributed by atoms with Crippen LogP contribution in [0.15, 0.2) is 0 Å². The zero-order valence-electron chi connectivity index (χ0n) is 1.63. The van der Waals surface area contributed by atoms with Crippen molar-refractivity contribution in [1.29, 1.82) is 0 Å². The summed E-state index contributed by atoms with van der Waals surface area (Å²) < 4.78 is 0. The van der Waals surface area contributed by atoms with E-state index in [-0.39, 0.29) is 34.3 Å². The number of rotatable bonds is 0. The first-order valence-electron chi connectivity index (χ1n) is 0.333. The van der Waals surface area contributed by atoms with Crippen LogP contribution in [0.25, 0.3) is 0 Å². The molecule has 0 aliphatic rings. The van der Waals surface area contributed by atoms with Crippen molar-refractivity contribution < 1.29 is 34.3 Å². The first-order valence-corrected chi connectivity index (χ1v) is 14.2. The normalized spacial score (nSPS) is 3.00. The topological polar surface area (TPSA) is 0 Å². The molecule has 0 spiro atoms. The van der Waals surface area contributed by atoms with Crippen LogP contribution in [0.5, 0.6) is 0 Å². The average molecular weight is 526 g/mol. The second kappa shape index (κ2) is 9.05. The van der Waals surface area contributed by atoms with Crippen molar-refractivity contribution in [3.63, 3.8) is 0 Å². The van der Waals surface area contributed by atoms with Gasteiger partial charge in [0.05, 0.1) is 0 Å². The van der Waals surface area contributed by atoms with E-state index in [1.165, 1.54) is 0 Å². The molecule has 0 aromatic heterocycles. The van der Waals surface area contributed by atoms with Gasteiger partial charge in [-0.2, -0.15) is 0 Å². The Kier molecular flexibility index (Phi) is 21.8. The van der Waals surface area contributed by atoms with E-state index in [9.17, 15) is 0 Å². The molecule has 0 atom stereocenters. The van der Waals surface area contributed by atoms with Crippen LogP contribution < -0.4 is 0 Å². The summed E-state index contributed by atoms with van der Waals surface area (Å²) in [5, 5.41) is 0. The van der Waals surface area contributed by atoms with Gasteiger partial charge in [0, 0.05) is 21.1 Å². The van der Waals surface area contributed by atoms with Crippen molar-refractivity contribution in [3.05, 3.63) is 0 Å². The van der Waals surface area contributed by atoms with Gasteiger partial charge in [0.2, 0.25) is 0 Å². The predicted octanol–water partition coefficient (Wildman–Crippen LogP) is -0.767. The molecule has 0 saturated heterocycles. The van der Waals surface area contributed by atoms with Crippen LogP contribution in [0.1, 0.15) is 0 Å². The molecule has 0 rings (SSSR count). The summed E-state index contributed by atoms with van der Waals surface area (Å²) in [4.78, 5) is 0. The largest absolute Gasteiger partial charge is 0 e. The fourth-order valence-electron chi connectivity index (χ4n) is 0. The van der Waals surface area contributed by atoms with Crippen molar-refractivity contribution in [2.24, 2.45) is 0 Å². The van der Waals surface area contributed by atoms with Gasteiger partial charge in [0.15, 0.2) is 0 Å². The molecule has 0 nitrogen and oxygen atoms in total. The second-order valence-electron chi connectivity index (χ2n) is 0.0680. The fourth-order valence-corrected chi connectivity index (χ4v) is 0. The minimum Gasteiger partial charge on any atom is 0 e. The Bertz CT molecular complexity index is 25.0. The maximum Gasteiger partial charge on any atom is 0 e. The SMILES string of the molecule is [Se]=[W]=[Se].[W]. The van der Waals surface area contributed by atoms with Gasteiger partial charge in [0.1, 0.15) is 0 Å². The van der Waals surface area contributed by atoms with Gasteiger partial charge in [-0.3, -0.25) is 0 Å². The zero-order chi connectivity index (χ0) is 2.71. The minimum atomic E-state index is -0.000000000000000111. The van der Waals surface area contributed by atoms with Crippen LogP contribution in [-0.4, -0.2) is 25.6 Å². The third kappa shape index (κ3) is 8.83. The molecule has 0 fully saturated rings. The Morgan fingerprint density at radius 2 is 1.25 bits per heavy atom. The standard InChI is InChI=1S/2Se.2W. The molecule has 0 amide bonds. The maximum atomic E-state index is 2.92. The zero-order valence-corrected chi connectivity index (χ0v) is 10.9. The van der Waals surface area contributed by atoms with Gasteiger partial charge < -0.3 is 0 Å².